The second kappa shape index (κ2) is 5.50. The molecule has 1 aliphatic rings. The predicted octanol–water partition coefficient (Wildman–Crippen LogP) is 3.91. The lowest BCUT2D eigenvalue weighted by Crippen LogP contribution is -2.29. The molecule has 1 nitrogen and oxygen atoms in total. The van der Waals surface area contributed by atoms with Crippen molar-refractivity contribution in [1.82, 2.24) is 4.90 Å². The normalized spacial score (nSPS) is 16.1. The average molecular weight is 329 g/mol. The lowest BCUT2D eigenvalue weighted by atomic mass is 10.1. The number of nitrogens with zero attached hydrogens (tertiary/aromatic N) is 1. The van der Waals surface area contributed by atoms with Crippen molar-refractivity contribution in [3.63, 3.8) is 0 Å². The van der Waals surface area contributed by atoms with Crippen molar-refractivity contribution >= 4 is 22.6 Å². The molecule has 16 heavy (non-hydrogen) atoms. The summed E-state index contributed by atoms with van der Waals surface area (Å²) in [6.45, 7) is 6.98. The third-order valence-corrected chi connectivity index (χ3v) is 3.68. The van der Waals surface area contributed by atoms with Crippen LogP contribution in [0.4, 0.5) is 0 Å². The zero-order valence-corrected chi connectivity index (χ0v) is 12.3. The average Bonchev–Trinajstić information content (AvgIpc) is 3.03. The minimum atomic E-state index is 0.768. The van der Waals surface area contributed by atoms with Crippen molar-refractivity contribution in [3.8, 4) is 0 Å². The van der Waals surface area contributed by atoms with Crippen molar-refractivity contribution < 1.29 is 0 Å². The first-order chi connectivity index (χ1) is 7.65. The van der Waals surface area contributed by atoms with Gasteiger partial charge in [0.15, 0.2) is 0 Å². The minimum Gasteiger partial charge on any atom is -0.296 e. The first-order valence-corrected chi connectivity index (χ1v) is 7.21. The standard InChI is InChI=1S/C14H20IN/c1-11(2)9-16(14-7-8-14)10-12-3-5-13(15)6-4-12/h3-6,11,14H,7-10H2,1-2H3. The third kappa shape index (κ3) is 3.74. The molecule has 0 aromatic heterocycles. The van der Waals surface area contributed by atoms with Gasteiger partial charge in [0.05, 0.1) is 0 Å². The summed E-state index contributed by atoms with van der Waals surface area (Å²) in [7, 11) is 0. The SMILES string of the molecule is CC(C)CN(Cc1ccc(I)cc1)C1CC1. The van der Waals surface area contributed by atoms with Gasteiger partial charge in [-0.1, -0.05) is 26.0 Å². The van der Waals surface area contributed by atoms with Crippen LogP contribution in [0.5, 0.6) is 0 Å². The van der Waals surface area contributed by atoms with Crippen LogP contribution in [0.25, 0.3) is 0 Å². The van der Waals surface area contributed by atoms with Gasteiger partial charge in [0.25, 0.3) is 0 Å². The van der Waals surface area contributed by atoms with Crippen LogP contribution < -0.4 is 0 Å². The molecule has 0 aliphatic heterocycles. The third-order valence-electron chi connectivity index (χ3n) is 2.96. The second-order valence-corrected chi connectivity index (χ2v) is 6.43. The van der Waals surface area contributed by atoms with Gasteiger partial charge in [-0.05, 0) is 59.0 Å². The molecule has 0 amide bonds. The fourth-order valence-corrected chi connectivity index (χ4v) is 2.44. The van der Waals surface area contributed by atoms with Gasteiger partial charge >= 0.3 is 0 Å². The zero-order valence-electron chi connectivity index (χ0n) is 10.1. The van der Waals surface area contributed by atoms with E-state index >= 15 is 0 Å². The lowest BCUT2D eigenvalue weighted by molar-refractivity contribution is 0.226. The number of benzene rings is 1. The highest BCUT2D eigenvalue weighted by Gasteiger charge is 2.28. The molecule has 88 valence electrons. The largest absolute Gasteiger partial charge is 0.296 e. The van der Waals surface area contributed by atoms with E-state index in [1.807, 2.05) is 0 Å². The summed E-state index contributed by atoms with van der Waals surface area (Å²) in [5.41, 5.74) is 1.45. The monoisotopic (exact) mass is 329 g/mol. The number of rotatable bonds is 5. The molecule has 0 heterocycles. The molecule has 2 heteroatoms. The Hall–Kier alpha value is -0.0900. The number of halogens is 1. The van der Waals surface area contributed by atoms with Crippen LogP contribution in [0.15, 0.2) is 24.3 Å². The molecule has 0 saturated heterocycles. The van der Waals surface area contributed by atoms with Crippen LogP contribution in [-0.4, -0.2) is 17.5 Å². The molecule has 0 atom stereocenters. The predicted molar refractivity (Wildman–Crippen MR) is 77.4 cm³/mol. The molecule has 0 N–H and O–H groups in total. The van der Waals surface area contributed by atoms with Crippen molar-refractivity contribution in [2.45, 2.75) is 39.3 Å². The van der Waals surface area contributed by atoms with Crippen molar-refractivity contribution in [2.75, 3.05) is 6.54 Å². The Morgan fingerprint density at radius 3 is 2.38 bits per heavy atom. The molecule has 1 fully saturated rings. The molecule has 1 aliphatic carbocycles. The summed E-state index contributed by atoms with van der Waals surface area (Å²) in [5.74, 6) is 0.768. The first kappa shape index (κ1) is 12.4. The topological polar surface area (TPSA) is 3.24 Å². The molecule has 0 spiro atoms. The van der Waals surface area contributed by atoms with Gasteiger partial charge in [0.2, 0.25) is 0 Å². The fraction of sp³-hybridized carbons (Fsp3) is 0.571. The van der Waals surface area contributed by atoms with Crippen LogP contribution in [0, 0.1) is 9.49 Å². The van der Waals surface area contributed by atoms with Crippen molar-refractivity contribution in [3.05, 3.63) is 33.4 Å². The van der Waals surface area contributed by atoms with Crippen LogP contribution in [0.1, 0.15) is 32.3 Å². The lowest BCUT2D eigenvalue weighted by Gasteiger charge is -2.24. The first-order valence-electron chi connectivity index (χ1n) is 6.13. The zero-order chi connectivity index (χ0) is 11.5. The summed E-state index contributed by atoms with van der Waals surface area (Å²) in [4.78, 5) is 2.65. The van der Waals surface area contributed by atoms with Gasteiger partial charge in [-0.15, -0.1) is 0 Å². The number of hydrogen-bond donors (Lipinski definition) is 0. The Labute approximate surface area is 112 Å². The van der Waals surface area contributed by atoms with E-state index in [-0.39, 0.29) is 0 Å². The maximum Gasteiger partial charge on any atom is 0.0236 e. The molecule has 1 saturated carbocycles. The molecular weight excluding hydrogens is 309 g/mol. The highest BCUT2D eigenvalue weighted by atomic mass is 127. The maximum absolute atomic E-state index is 2.65. The van der Waals surface area contributed by atoms with Crippen molar-refractivity contribution in [2.24, 2.45) is 5.92 Å². The van der Waals surface area contributed by atoms with Crippen LogP contribution in [-0.2, 0) is 6.54 Å². The number of hydrogen-bond acceptors (Lipinski definition) is 1. The second-order valence-electron chi connectivity index (χ2n) is 5.18. The Bertz CT molecular complexity index is 327. The Kier molecular flexibility index (Phi) is 4.25. The van der Waals surface area contributed by atoms with Crippen LogP contribution >= 0.6 is 22.6 Å². The maximum atomic E-state index is 2.65. The van der Waals surface area contributed by atoms with E-state index in [4.69, 9.17) is 0 Å². The van der Waals surface area contributed by atoms with E-state index in [0.29, 0.717) is 0 Å². The van der Waals surface area contributed by atoms with E-state index in [1.54, 1.807) is 0 Å². The van der Waals surface area contributed by atoms with E-state index in [0.717, 1.165) is 18.5 Å². The van der Waals surface area contributed by atoms with Gasteiger partial charge in [-0.3, -0.25) is 4.90 Å². The van der Waals surface area contributed by atoms with E-state index in [9.17, 15) is 0 Å². The minimum absolute atomic E-state index is 0.768. The molecule has 0 unspecified atom stereocenters. The van der Waals surface area contributed by atoms with E-state index in [1.165, 1.54) is 28.5 Å². The summed E-state index contributed by atoms with van der Waals surface area (Å²) in [6.07, 6.45) is 2.80. The quantitative estimate of drug-likeness (QED) is 0.741. The van der Waals surface area contributed by atoms with E-state index < -0.39 is 0 Å². The Morgan fingerprint density at radius 1 is 1.25 bits per heavy atom. The van der Waals surface area contributed by atoms with Crippen molar-refractivity contribution in [1.29, 1.82) is 0 Å². The molecule has 2 rings (SSSR count). The molecule has 0 bridgehead atoms. The molecule has 1 aromatic rings. The summed E-state index contributed by atoms with van der Waals surface area (Å²) in [6, 6.07) is 9.79. The highest BCUT2D eigenvalue weighted by molar-refractivity contribution is 14.1. The van der Waals surface area contributed by atoms with Gasteiger partial charge in [-0.2, -0.15) is 0 Å². The van der Waals surface area contributed by atoms with Gasteiger partial charge < -0.3 is 0 Å². The molecular formula is C14H20IN. The summed E-state index contributed by atoms with van der Waals surface area (Å²) in [5, 5.41) is 0. The van der Waals surface area contributed by atoms with Crippen LogP contribution in [0.3, 0.4) is 0 Å². The Morgan fingerprint density at radius 2 is 1.88 bits per heavy atom. The summed E-state index contributed by atoms with van der Waals surface area (Å²) < 4.78 is 1.32. The van der Waals surface area contributed by atoms with Gasteiger partial charge in [0, 0.05) is 22.7 Å². The van der Waals surface area contributed by atoms with Gasteiger partial charge in [-0.25, -0.2) is 0 Å². The van der Waals surface area contributed by atoms with E-state index in [2.05, 4.69) is 65.6 Å². The van der Waals surface area contributed by atoms with Crippen LogP contribution in [0.2, 0.25) is 0 Å². The summed E-state index contributed by atoms with van der Waals surface area (Å²) >= 11 is 2.36. The highest BCUT2D eigenvalue weighted by Crippen LogP contribution is 2.29. The Balaban J connectivity index is 1.96. The fourth-order valence-electron chi connectivity index (χ4n) is 2.08. The molecule has 0 radical (unpaired) electrons. The smallest absolute Gasteiger partial charge is 0.0236 e. The van der Waals surface area contributed by atoms with Gasteiger partial charge in [0.1, 0.15) is 0 Å². The molecule has 1 aromatic carbocycles.